The van der Waals surface area contributed by atoms with Gasteiger partial charge in [0.05, 0.1) is 11.5 Å². The van der Waals surface area contributed by atoms with Crippen molar-refractivity contribution in [2.24, 2.45) is 5.92 Å². The Morgan fingerprint density at radius 3 is 2.39 bits per heavy atom. The van der Waals surface area contributed by atoms with Gasteiger partial charge >= 0.3 is 0 Å². The average Bonchev–Trinajstić information content (AvgIpc) is 2.47. The van der Waals surface area contributed by atoms with Crippen molar-refractivity contribution in [1.82, 2.24) is 0 Å². The lowest BCUT2D eigenvalue weighted by molar-refractivity contribution is 0.238. The quantitative estimate of drug-likeness (QED) is 0.740. The molecule has 0 unspecified atom stereocenters. The zero-order valence-corrected chi connectivity index (χ0v) is 11.4. The van der Waals surface area contributed by atoms with E-state index in [2.05, 4.69) is 37.3 Å². The molecule has 0 spiro atoms. The third-order valence-corrected chi connectivity index (χ3v) is 4.43. The highest BCUT2D eigenvalue weighted by atomic mass is 14.5. The molecule has 1 nitrogen and oxygen atoms in total. The van der Waals surface area contributed by atoms with Gasteiger partial charge in [-0.3, -0.25) is 0 Å². The van der Waals surface area contributed by atoms with Crippen molar-refractivity contribution in [2.45, 2.75) is 57.3 Å². The van der Waals surface area contributed by atoms with Crippen LogP contribution in [0.4, 0.5) is 0 Å². The van der Waals surface area contributed by atoms with Crippen LogP contribution < -0.4 is 0 Å². The van der Waals surface area contributed by atoms with Crippen LogP contribution in [0.2, 0.25) is 0 Å². The highest BCUT2D eigenvalue weighted by molar-refractivity contribution is 5.33. The molecule has 1 atom stereocenters. The van der Waals surface area contributed by atoms with Gasteiger partial charge in [0, 0.05) is 0 Å². The number of nitrogens with zero attached hydrogens (tertiary/aromatic N) is 1. The normalized spacial score (nSPS) is 20.0. The van der Waals surface area contributed by atoms with Gasteiger partial charge in [0.2, 0.25) is 0 Å². The molecule has 0 bridgehead atoms. The molecule has 18 heavy (non-hydrogen) atoms. The molecular formula is C17H23N. The summed E-state index contributed by atoms with van der Waals surface area (Å²) in [4.78, 5) is 0. The van der Waals surface area contributed by atoms with Gasteiger partial charge in [0.15, 0.2) is 0 Å². The van der Waals surface area contributed by atoms with Crippen LogP contribution in [-0.4, -0.2) is 0 Å². The summed E-state index contributed by atoms with van der Waals surface area (Å²) in [7, 11) is 0. The molecule has 1 fully saturated rings. The monoisotopic (exact) mass is 241 g/mol. The van der Waals surface area contributed by atoms with E-state index in [1.807, 2.05) is 6.07 Å². The predicted octanol–water partition coefficient (Wildman–Crippen LogP) is 4.83. The van der Waals surface area contributed by atoms with Gasteiger partial charge < -0.3 is 0 Å². The first-order valence-corrected chi connectivity index (χ1v) is 7.30. The smallest absolute Gasteiger partial charge is 0.0850 e. The van der Waals surface area contributed by atoms with Crippen molar-refractivity contribution in [2.75, 3.05) is 0 Å². The number of rotatable bonds is 4. The fourth-order valence-corrected chi connectivity index (χ4v) is 3.52. The maximum Gasteiger partial charge on any atom is 0.0850 e. The second-order valence-electron chi connectivity index (χ2n) is 5.53. The van der Waals surface area contributed by atoms with Crippen LogP contribution >= 0.6 is 0 Å². The van der Waals surface area contributed by atoms with Gasteiger partial charge in [0.25, 0.3) is 0 Å². The highest BCUT2D eigenvalue weighted by Crippen LogP contribution is 2.43. The number of nitriles is 1. The molecule has 1 aromatic rings. The molecule has 0 N–H and O–H groups in total. The summed E-state index contributed by atoms with van der Waals surface area (Å²) in [6, 6.07) is 13.2. The molecule has 0 saturated heterocycles. The van der Waals surface area contributed by atoms with Crippen LogP contribution in [0.25, 0.3) is 0 Å². The Kier molecular flexibility index (Phi) is 4.42. The molecule has 0 amide bonds. The highest BCUT2D eigenvalue weighted by Gasteiger charge is 2.40. The van der Waals surface area contributed by atoms with Crippen LogP contribution in [0.3, 0.4) is 0 Å². The molecule has 1 heteroatoms. The summed E-state index contributed by atoms with van der Waals surface area (Å²) in [5.74, 6) is 0.554. The summed E-state index contributed by atoms with van der Waals surface area (Å²) in [5, 5.41) is 9.86. The van der Waals surface area contributed by atoms with Gasteiger partial charge in [-0.2, -0.15) is 5.26 Å². The van der Waals surface area contributed by atoms with Crippen LogP contribution in [0, 0.1) is 17.2 Å². The fourth-order valence-electron chi connectivity index (χ4n) is 3.52. The molecular weight excluding hydrogens is 218 g/mol. The first kappa shape index (κ1) is 13.1. The van der Waals surface area contributed by atoms with E-state index in [4.69, 9.17) is 0 Å². The van der Waals surface area contributed by atoms with E-state index in [0.717, 1.165) is 12.8 Å². The Morgan fingerprint density at radius 1 is 1.17 bits per heavy atom. The SMILES string of the molecule is CCC[C@@](C#N)(c1ccccc1)C1CCCCC1. The first-order valence-electron chi connectivity index (χ1n) is 7.30. The molecule has 1 aliphatic carbocycles. The molecule has 1 aromatic carbocycles. The lowest BCUT2D eigenvalue weighted by atomic mass is 9.64. The van der Waals surface area contributed by atoms with Gasteiger partial charge in [-0.1, -0.05) is 62.9 Å². The Morgan fingerprint density at radius 2 is 1.83 bits per heavy atom. The molecule has 96 valence electrons. The van der Waals surface area contributed by atoms with E-state index < -0.39 is 0 Å². The van der Waals surface area contributed by atoms with Gasteiger partial charge in [0.1, 0.15) is 0 Å². The van der Waals surface area contributed by atoms with Crippen molar-refractivity contribution < 1.29 is 0 Å². The number of hydrogen-bond donors (Lipinski definition) is 0. The zero-order chi connectivity index (χ0) is 12.8. The number of hydrogen-bond acceptors (Lipinski definition) is 1. The minimum absolute atomic E-state index is 0.240. The van der Waals surface area contributed by atoms with Crippen molar-refractivity contribution in [1.29, 1.82) is 5.26 Å². The minimum atomic E-state index is -0.240. The Bertz CT molecular complexity index is 397. The minimum Gasteiger partial charge on any atom is -0.197 e. The summed E-state index contributed by atoms with van der Waals surface area (Å²) in [6.07, 6.45) is 8.47. The Labute approximate surface area is 111 Å². The molecule has 0 heterocycles. The lowest BCUT2D eigenvalue weighted by Gasteiger charge is -2.38. The number of benzene rings is 1. The van der Waals surface area contributed by atoms with Gasteiger partial charge in [-0.05, 0) is 30.7 Å². The predicted molar refractivity (Wildman–Crippen MR) is 75.2 cm³/mol. The molecule has 2 rings (SSSR count). The molecule has 0 aliphatic heterocycles. The Hall–Kier alpha value is -1.29. The van der Waals surface area contributed by atoms with E-state index in [1.54, 1.807) is 0 Å². The maximum atomic E-state index is 9.86. The molecule has 1 saturated carbocycles. The largest absolute Gasteiger partial charge is 0.197 e. The van der Waals surface area contributed by atoms with Crippen molar-refractivity contribution in [3.05, 3.63) is 35.9 Å². The molecule has 0 radical (unpaired) electrons. The van der Waals surface area contributed by atoms with E-state index in [9.17, 15) is 5.26 Å². The van der Waals surface area contributed by atoms with Crippen molar-refractivity contribution in [3.63, 3.8) is 0 Å². The fraction of sp³-hybridized carbons (Fsp3) is 0.588. The van der Waals surface area contributed by atoms with Crippen LogP contribution in [0.15, 0.2) is 30.3 Å². The summed E-state index contributed by atoms with van der Waals surface area (Å²) in [5.41, 5.74) is 0.998. The van der Waals surface area contributed by atoms with E-state index in [-0.39, 0.29) is 5.41 Å². The lowest BCUT2D eigenvalue weighted by Crippen LogP contribution is -2.35. The topological polar surface area (TPSA) is 23.8 Å². The summed E-state index contributed by atoms with van der Waals surface area (Å²) >= 11 is 0. The second-order valence-corrected chi connectivity index (χ2v) is 5.53. The first-order chi connectivity index (χ1) is 8.83. The maximum absolute atomic E-state index is 9.86. The van der Waals surface area contributed by atoms with Crippen LogP contribution in [0.1, 0.15) is 57.4 Å². The standard InChI is InChI=1S/C17H23N/c1-2-13-17(14-18,15-9-5-3-6-10-15)16-11-7-4-8-12-16/h3,5-6,9-10,16H,2,4,7-8,11-13H2,1H3/t17-/m1/s1. The van der Waals surface area contributed by atoms with Gasteiger partial charge in [-0.25, -0.2) is 0 Å². The van der Waals surface area contributed by atoms with E-state index >= 15 is 0 Å². The zero-order valence-electron chi connectivity index (χ0n) is 11.4. The Balaban J connectivity index is 2.36. The summed E-state index contributed by atoms with van der Waals surface area (Å²) in [6.45, 7) is 2.19. The third kappa shape index (κ3) is 2.43. The summed E-state index contributed by atoms with van der Waals surface area (Å²) < 4.78 is 0. The van der Waals surface area contributed by atoms with Crippen molar-refractivity contribution >= 4 is 0 Å². The molecule has 1 aliphatic rings. The van der Waals surface area contributed by atoms with E-state index in [0.29, 0.717) is 5.92 Å². The van der Waals surface area contributed by atoms with Crippen LogP contribution in [-0.2, 0) is 5.41 Å². The second kappa shape index (κ2) is 6.05. The van der Waals surface area contributed by atoms with Crippen molar-refractivity contribution in [3.8, 4) is 6.07 Å². The average molecular weight is 241 g/mol. The van der Waals surface area contributed by atoms with E-state index in [1.165, 1.54) is 37.7 Å². The van der Waals surface area contributed by atoms with Gasteiger partial charge in [-0.15, -0.1) is 0 Å². The third-order valence-electron chi connectivity index (χ3n) is 4.43. The van der Waals surface area contributed by atoms with Crippen LogP contribution in [0.5, 0.6) is 0 Å². The molecule has 0 aromatic heterocycles.